The first-order valence-electron chi connectivity index (χ1n) is 13.4. The van der Waals surface area contributed by atoms with Crippen LogP contribution in [0.15, 0.2) is 138 Å². The average Bonchev–Trinajstić information content (AvgIpc) is 3.90. The van der Waals surface area contributed by atoms with Crippen LogP contribution >= 0.6 is 45.3 Å². The minimum absolute atomic E-state index is 0.819. The molecule has 0 radical (unpaired) electrons. The maximum Gasteiger partial charge on any atom is 0.0798 e. The van der Waals surface area contributed by atoms with Crippen LogP contribution in [-0.2, 0) is 0 Å². The Morgan fingerprint density at radius 2 is 0.568 bits per heavy atom. The monoisotopic (exact) mass is 640 g/mol. The number of aromatic nitrogens is 4. The van der Waals surface area contributed by atoms with Crippen LogP contribution in [0.1, 0.15) is 19.5 Å². The Kier molecular flexibility index (Phi) is 6.04. The van der Waals surface area contributed by atoms with Gasteiger partial charge in [0.1, 0.15) is 0 Å². The number of allylic oxidation sites excluding steroid dienone is 12. The first-order valence-corrected chi connectivity index (χ1v) is 16.9. The van der Waals surface area contributed by atoms with Crippen molar-refractivity contribution in [2.45, 2.75) is 0 Å². The molecule has 0 aliphatic carbocycles. The first kappa shape index (κ1) is 25.6. The molecule has 44 heavy (non-hydrogen) atoms. The quantitative estimate of drug-likeness (QED) is 0.230. The van der Waals surface area contributed by atoms with Gasteiger partial charge >= 0.3 is 0 Å². The second-order valence-electron chi connectivity index (χ2n) is 9.83. The van der Waals surface area contributed by atoms with E-state index in [2.05, 4.69) is 68.5 Å². The summed E-state index contributed by atoms with van der Waals surface area (Å²) < 4.78 is 0. The molecule has 4 aromatic heterocycles. The van der Waals surface area contributed by atoms with Gasteiger partial charge in [0.25, 0.3) is 0 Å². The molecule has 0 spiro atoms. The molecule has 8 bridgehead atoms. The normalized spacial score (nSPS) is 18.7. The van der Waals surface area contributed by atoms with E-state index in [1.54, 1.807) is 45.3 Å². The number of rotatable bonds is 4. The minimum Gasteiger partial charge on any atom is -0.252 e. The molecule has 0 N–H and O–H groups in total. The number of thiazole rings is 4. The van der Waals surface area contributed by atoms with Gasteiger partial charge in [-0.25, -0.2) is 20.0 Å². The maximum absolute atomic E-state index is 5.19. The molecule has 0 atom stereocenters. The second kappa shape index (κ2) is 10.4. The molecule has 0 aromatic carbocycles. The standard InChI is InChI=1S/C32H16N8S4/c1-2-18-30(26-10-34-14-42-26)20-5-6-22(39-20)32(28-12-36-16-44-28)24-8-7-23(40-24)31(27-11-35-15-43-27)21-4-3-19(38-21)29(17(1)37-18)25-9-33-13-41-25/h1-16H. The first-order chi connectivity index (χ1) is 21.8. The van der Waals surface area contributed by atoms with Crippen LogP contribution in [0.3, 0.4) is 0 Å². The molecule has 0 unspecified atom stereocenters. The zero-order chi connectivity index (χ0) is 29.0. The van der Waals surface area contributed by atoms with Crippen molar-refractivity contribution in [3.63, 3.8) is 0 Å². The van der Waals surface area contributed by atoms with E-state index in [9.17, 15) is 0 Å². The van der Waals surface area contributed by atoms with Gasteiger partial charge in [-0.15, -0.1) is 45.3 Å². The lowest BCUT2D eigenvalue weighted by Gasteiger charge is -2.09. The van der Waals surface area contributed by atoms with Crippen molar-refractivity contribution in [3.05, 3.63) is 138 Å². The number of hydrogen-bond donors (Lipinski definition) is 0. The second-order valence-corrected chi connectivity index (χ2v) is 13.4. The number of aliphatic imine (C=N–C) groups is 4. The molecule has 8 nitrogen and oxygen atoms in total. The van der Waals surface area contributed by atoms with Crippen LogP contribution in [0.2, 0.25) is 0 Å². The van der Waals surface area contributed by atoms with Gasteiger partial charge < -0.3 is 0 Å². The fourth-order valence-corrected chi connectivity index (χ4v) is 8.19. The molecule has 9 rings (SSSR count). The van der Waals surface area contributed by atoms with Crippen molar-refractivity contribution < 1.29 is 0 Å². The van der Waals surface area contributed by atoms with E-state index >= 15 is 0 Å². The van der Waals surface area contributed by atoms with E-state index in [1.165, 1.54) is 0 Å². The summed E-state index contributed by atoms with van der Waals surface area (Å²) in [7, 11) is 0. The molecule has 12 heteroatoms. The molecular formula is C32H16N8S4. The third kappa shape index (κ3) is 4.22. The summed E-state index contributed by atoms with van der Waals surface area (Å²) in [5.41, 5.74) is 17.6. The van der Waals surface area contributed by atoms with E-state index in [4.69, 9.17) is 20.0 Å². The Hall–Kier alpha value is -4.88. The SMILES string of the molecule is C1=CC2=C(c3cncs3)C3=NC(=C(c4cncs4)C4=NC(=C(c5cncs5)C5=NC(=C(c6cncs6)C1=N2)C=C5)C=C4)C=C3. The molecule has 208 valence electrons. The summed E-state index contributed by atoms with van der Waals surface area (Å²) in [6.07, 6.45) is 23.9. The highest BCUT2D eigenvalue weighted by molar-refractivity contribution is 7.12. The van der Waals surface area contributed by atoms with Crippen molar-refractivity contribution in [2.24, 2.45) is 20.0 Å². The van der Waals surface area contributed by atoms with Crippen molar-refractivity contribution in [1.82, 2.24) is 19.9 Å². The summed E-state index contributed by atoms with van der Waals surface area (Å²) in [6, 6.07) is 0. The third-order valence-corrected chi connectivity index (χ3v) is 10.5. The summed E-state index contributed by atoms with van der Waals surface area (Å²) in [5, 5.41) is 0. The number of hydrogen-bond acceptors (Lipinski definition) is 12. The summed E-state index contributed by atoms with van der Waals surface area (Å²) in [6.45, 7) is 0. The minimum atomic E-state index is 0.819. The van der Waals surface area contributed by atoms with Crippen LogP contribution < -0.4 is 0 Å². The summed E-state index contributed by atoms with van der Waals surface area (Å²) >= 11 is 6.26. The maximum atomic E-state index is 5.19. The van der Waals surface area contributed by atoms with Crippen molar-refractivity contribution >= 4 is 90.5 Å². The Labute approximate surface area is 266 Å². The Morgan fingerprint density at radius 1 is 0.318 bits per heavy atom. The van der Waals surface area contributed by atoms with Gasteiger partial charge in [-0.3, -0.25) is 19.9 Å². The van der Waals surface area contributed by atoms with Gasteiger partial charge in [0.05, 0.1) is 87.2 Å². The van der Waals surface area contributed by atoms with E-state index in [0.29, 0.717) is 0 Å². The largest absolute Gasteiger partial charge is 0.252 e. The van der Waals surface area contributed by atoms with E-state index in [-0.39, 0.29) is 0 Å². The van der Waals surface area contributed by atoms with E-state index in [1.807, 2.05) is 46.8 Å². The zero-order valence-electron chi connectivity index (χ0n) is 22.4. The van der Waals surface area contributed by atoms with Crippen LogP contribution in [0.4, 0.5) is 0 Å². The number of nitrogens with zero attached hydrogens (tertiary/aromatic N) is 8. The van der Waals surface area contributed by atoms with E-state index < -0.39 is 0 Å². The summed E-state index contributed by atoms with van der Waals surface area (Å²) in [5.74, 6) is 0. The Balaban J connectivity index is 1.37. The van der Waals surface area contributed by atoms with Crippen LogP contribution in [0, 0.1) is 0 Å². The molecule has 0 saturated carbocycles. The molecule has 4 aromatic rings. The Morgan fingerprint density at radius 3 is 0.773 bits per heavy atom. The molecule has 0 saturated heterocycles. The van der Waals surface area contributed by atoms with Crippen LogP contribution in [-0.4, -0.2) is 42.8 Å². The third-order valence-electron chi connectivity index (χ3n) is 7.32. The van der Waals surface area contributed by atoms with Gasteiger partial charge in [-0.2, -0.15) is 0 Å². The fourth-order valence-electron chi connectivity index (χ4n) is 5.45. The highest BCUT2D eigenvalue weighted by Gasteiger charge is 2.28. The molecule has 5 aliphatic heterocycles. The van der Waals surface area contributed by atoms with Crippen LogP contribution in [0.5, 0.6) is 0 Å². The predicted molar refractivity (Wildman–Crippen MR) is 182 cm³/mol. The van der Waals surface area contributed by atoms with Crippen LogP contribution in [0.25, 0.3) is 22.3 Å². The van der Waals surface area contributed by atoms with Gasteiger partial charge in [0.2, 0.25) is 0 Å². The zero-order valence-corrected chi connectivity index (χ0v) is 25.7. The topological polar surface area (TPSA) is 101 Å². The lowest BCUT2D eigenvalue weighted by atomic mass is 10.1. The predicted octanol–water partition coefficient (Wildman–Crippen LogP) is 7.51. The Bertz CT molecular complexity index is 1900. The highest BCUT2D eigenvalue weighted by atomic mass is 32.1. The average molecular weight is 641 g/mol. The molecule has 0 fully saturated rings. The van der Waals surface area contributed by atoms with Gasteiger partial charge in [-0.05, 0) is 48.6 Å². The van der Waals surface area contributed by atoms with Gasteiger partial charge in [-0.1, -0.05) is 0 Å². The highest BCUT2D eigenvalue weighted by Crippen LogP contribution is 2.39. The molecule has 0 amide bonds. The summed E-state index contributed by atoms with van der Waals surface area (Å²) in [4.78, 5) is 42.2. The van der Waals surface area contributed by atoms with Gasteiger partial charge in [0.15, 0.2) is 0 Å². The van der Waals surface area contributed by atoms with Gasteiger partial charge in [0, 0.05) is 47.1 Å². The molecule has 5 aliphatic rings. The molecular weight excluding hydrogens is 625 g/mol. The molecule has 9 heterocycles. The lowest BCUT2D eigenvalue weighted by Crippen LogP contribution is -2.02. The van der Waals surface area contributed by atoms with Crippen molar-refractivity contribution in [3.8, 4) is 0 Å². The van der Waals surface area contributed by atoms with Crippen molar-refractivity contribution in [1.29, 1.82) is 0 Å². The number of fused-ring (bicyclic) bond motifs is 4. The fraction of sp³-hybridized carbons (Fsp3) is 0. The van der Waals surface area contributed by atoms with Crippen molar-refractivity contribution in [2.75, 3.05) is 0 Å². The lowest BCUT2D eigenvalue weighted by molar-refractivity contribution is 1.39. The van der Waals surface area contributed by atoms with E-state index in [0.717, 1.165) is 87.4 Å². The smallest absolute Gasteiger partial charge is 0.0798 e.